The second kappa shape index (κ2) is 4.72. The summed E-state index contributed by atoms with van der Waals surface area (Å²) in [7, 11) is 0. The minimum absolute atomic E-state index is 0.134. The average molecular weight is 324 g/mol. The third-order valence-electron chi connectivity index (χ3n) is 4.85. The molecule has 0 saturated heterocycles. The van der Waals surface area contributed by atoms with Gasteiger partial charge in [0.25, 0.3) is 0 Å². The first-order valence-corrected chi connectivity index (χ1v) is 7.94. The zero-order valence-electron chi connectivity index (χ0n) is 13.8. The summed E-state index contributed by atoms with van der Waals surface area (Å²) in [6, 6.07) is 2.62. The molecule has 1 aromatic rings. The lowest BCUT2D eigenvalue weighted by molar-refractivity contribution is -0.387. The van der Waals surface area contributed by atoms with Crippen molar-refractivity contribution in [1.82, 2.24) is 0 Å². The summed E-state index contributed by atoms with van der Waals surface area (Å²) in [5.74, 6) is -0.653. The molecule has 1 heterocycles. The van der Waals surface area contributed by atoms with Crippen molar-refractivity contribution in [3.05, 3.63) is 62.5 Å². The molecule has 1 unspecified atom stereocenters. The Morgan fingerprint density at radius 1 is 1.38 bits per heavy atom. The number of fused-ring (bicyclic) bond motifs is 4. The highest BCUT2D eigenvalue weighted by Gasteiger charge is 2.34. The van der Waals surface area contributed by atoms with Gasteiger partial charge in [0.15, 0.2) is 0 Å². The lowest BCUT2D eigenvalue weighted by Gasteiger charge is -2.33. The second-order valence-corrected chi connectivity index (χ2v) is 7.20. The van der Waals surface area contributed by atoms with E-state index in [0.717, 1.165) is 22.4 Å². The number of nitro groups is 1. The molecule has 1 aliphatic heterocycles. The number of benzene rings is 1. The van der Waals surface area contributed by atoms with Gasteiger partial charge in [-0.05, 0) is 55.2 Å². The van der Waals surface area contributed by atoms with Gasteiger partial charge < -0.3 is 0 Å². The lowest BCUT2D eigenvalue weighted by Crippen LogP contribution is -2.30. The van der Waals surface area contributed by atoms with Crippen molar-refractivity contribution in [3.8, 4) is 0 Å². The van der Waals surface area contributed by atoms with Crippen molar-refractivity contribution in [2.75, 3.05) is 0 Å². The fourth-order valence-corrected chi connectivity index (χ4v) is 3.97. The average Bonchev–Trinajstić information content (AvgIpc) is 2.80. The molecule has 1 aromatic carbocycles. The van der Waals surface area contributed by atoms with Gasteiger partial charge in [0.1, 0.15) is 0 Å². The Morgan fingerprint density at radius 3 is 2.83 bits per heavy atom. The quantitative estimate of drug-likeness (QED) is 0.426. The van der Waals surface area contributed by atoms with Crippen LogP contribution in [0.25, 0.3) is 11.6 Å². The van der Waals surface area contributed by atoms with E-state index < -0.39 is 16.4 Å². The zero-order chi connectivity index (χ0) is 17.2. The van der Waals surface area contributed by atoms with Crippen molar-refractivity contribution < 1.29 is 9.31 Å². The second-order valence-electron chi connectivity index (χ2n) is 7.20. The summed E-state index contributed by atoms with van der Waals surface area (Å²) >= 11 is 0. The smallest absolute Gasteiger partial charge is 0.283 e. The van der Waals surface area contributed by atoms with Gasteiger partial charge in [0, 0.05) is 24.1 Å². The molecule has 122 valence electrons. The molecule has 0 spiro atoms. The minimum atomic E-state index is -0.786. The van der Waals surface area contributed by atoms with Gasteiger partial charge in [-0.2, -0.15) is 4.39 Å². The Morgan fingerprint density at radius 2 is 2.12 bits per heavy atom. The van der Waals surface area contributed by atoms with Crippen LogP contribution in [0.15, 0.2) is 40.4 Å². The zero-order valence-corrected chi connectivity index (χ0v) is 13.8. The summed E-state index contributed by atoms with van der Waals surface area (Å²) in [4.78, 5) is 15.1. The Balaban J connectivity index is 1.85. The van der Waals surface area contributed by atoms with Gasteiger partial charge in [-0.15, -0.1) is 0 Å². The first kappa shape index (κ1) is 15.0. The predicted molar refractivity (Wildman–Crippen MR) is 92.4 cm³/mol. The van der Waals surface area contributed by atoms with Gasteiger partial charge in [0.2, 0.25) is 5.82 Å². The van der Waals surface area contributed by atoms with E-state index in [9.17, 15) is 14.5 Å². The topological polar surface area (TPSA) is 55.5 Å². The number of nitro benzene ring substituents is 1. The molecule has 5 heteroatoms. The fraction of sp³-hybridized carbons (Fsp3) is 0.316. The van der Waals surface area contributed by atoms with Crippen LogP contribution in [-0.4, -0.2) is 16.2 Å². The van der Waals surface area contributed by atoms with Crippen LogP contribution in [-0.2, 0) is 0 Å². The van der Waals surface area contributed by atoms with Crippen molar-refractivity contribution in [1.29, 1.82) is 0 Å². The van der Waals surface area contributed by atoms with E-state index in [4.69, 9.17) is 4.99 Å². The molecule has 3 aliphatic rings. The summed E-state index contributed by atoms with van der Waals surface area (Å²) in [6.07, 6.45) is 6.91. The number of allylic oxidation sites excluding steroid dienone is 4. The number of hydrogen-bond acceptors (Lipinski definition) is 3. The van der Waals surface area contributed by atoms with E-state index in [1.54, 1.807) is 0 Å². The third-order valence-corrected chi connectivity index (χ3v) is 4.85. The molecule has 24 heavy (non-hydrogen) atoms. The molecule has 1 atom stereocenters. The van der Waals surface area contributed by atoms with Crippen molar-refractivity contribution in [2.45, 2.75) is 32.7 Å². The Labute approximate surface area is 139 Å². The van der Waals surface area contributed by atoms with Crippen LogP contribution < -0.4 is 0 Å². The maximum Gasteiger partial charge on any atom is 0.305 e. The monoisotopic (exact) mass is 324 g/mol. The SMILES string of the molecule is CC1=CC(C)(C)N=C2CC3=Cc4cc([N+](=O)[O-])c(F)cc4C3=CC12. The molecule has 0 fully saturated rings. The van der Waals surface area contributed by atoms with E-state index in [0.29, 0.717) is 12.0 Å². The van der Waals surface area contributed by atoms with E-state index in [1.165, 1.54) is 17.7 Å². The lowest BCUT2D eigenvalue weighted by atomic mass is 9.77. The van der Waals surface area contributed by atoms with Gasteiger partial charge >= 0.3 is 5.69 Å². The standard InChI is InChI=1S/C19H17FN2O2/c1-10-9-19(2,3)21-17-5-11-4-12-6-18(22(23)24)16(20)8-15(12)14(11)7-13(10)17/h4,6-9,13H,5H2,1-3H3. The molecular formula is C19H17FN2O2. The molecule has 0 saturated carbocycles. The summed E-state index contributed by atoms with van der Waals surface area (Å²) in [6.45, 7) is 6.25. The van der Waals surface area contributed by atoms with Crippen molar-refractivity contribution >= 4 is 23.0 Å². The molecule has 0 aromatic heterocycles. The van der Waals surface area contributed by atoms with Gasteiger partial charge in [0.05, 0.1) is 10.5 Å². The van der Waals surface area contributed by atoms with Gasteiger partial charge in [-0.3, -0.25) is 15.1 Å². The predicted octanol–water partition coefficient (Wildman–Crippen LogP) is 4.71. The summed E-state index contributed by atoms with van der Waals surface area (Å²) in [5, 5.41) is 11.0. The molecule has 0 N–H and O–H groups in total. The van der Waals surface area contributed by atoms with E-state index in [2.05, 4.69) is 32.9 Å². The minimum Gasteiger partial charge on any atom is -0.283 e. The van der Waals surface area contributed by atoms with Crippen molar-refractivity contribution in [3.63, 3.8) is 0 Å². The van der Waals surface area contributed by atoms with Crippen LogP contribution in [0.5, 0.6) is 0 Å². The number of halogens is 1. The van der Waals surface area contributed by atoms with Crippen LogP contribution in [0.3, 0.4) is 0 Å². The maximum atomic E-state index is 14.0. The summed E-state index contributed by atoms with van der Waals surface area (Å²) < 4.78 is 14.0. The molecule has 4 rings (SSSR count). The first-order chi connectivity index (χ1) is 11.2. The van der Waals surface area contributed by atoms with E-state index in [-0.39, 0.29) is 11.5 Å². The van der Waals surface area contributed by atoms with Crippen LogP contribution in [0.4, 0.5) is 10.1 Å². The molecule has 0 amide bonds. The number of aliphatic imine (C=N–C) groups is 1. The highest BCUT2D eigenvalue weighted by atomic mass is 19.1. The molecular weight excluding hydrogens is 307 g/mol. The van der Waals surface area contributed by atoms with Crippen LogP contribution in [0.1, 0.15) is 38.3 Å². The van der Waals surface area contributed by atoms with Crippen LogP contribution in [0, 0.1) is 21.8 Å². The van der Waals surface area contributed by atoms with E-state index >= 15 is 0 Å². The highest BCUT2D eigenvalue weighted by Crippen LogP contribution is 2.46. The third kappa shape index (κ3) is 2.15. The van der Waals surface area contributed by atoms with E-state index in [1.807, 2.05) is 6.08 Å². The Hall–Kier alpha value is -2.56. The molecule has 2 aliphatic carbocycles. The Bertz CT molecular complexity index is 920. The van der Waals surface area contributed by atoms with Crippen molar-refractivity contribution in [2.24, 2.45) is 10.9 Å². The highest BCUT2D eigenvalue weighted by molar-refractivity contribution is 6.07. The fourth-order valence-electron chi connectivity index (χ4n) is 3.97. The van der Waals surface area contributed by atoms with Gasteiger partial charge in [-0.25, -0.2) is 0 Å². The number of hydrogen-bond donors (Lipinski definition) is 0. The first-order valence-electron chi connectivity index (χ1n) is 7.94. The maximum absolute atomic E-state index is 14.0. The summed E-state index contributed by atoms with van der Waals surface area (Å²) in [5.41, 5.74) is 5.16. The number of nitrogens with zero attached hydrogens (tertiary/aromatic N) is 2. The van der Waals surface area contributed by atoms with Crippen LogP contribution >= 0.6 is 0 Å². The van der Waals surface area contributed by atoms with Crippen LogP contribution in [0.2, 0.25) is 0 Å². The largest absolute Gasteiger partial charge is 0.305 e. The number of dihydropyridines is 1. The number of rotatable bonds is 1. The molecule has 4 nitrogen and oxygen atoms in total. The Kier molecular flexibility index (Phi) is 2.95. The molecule has 0 bridgehead atoms. The normalized spacial score (nSPS) is 23.2. The van der Waals surface area contributed by atoms with Gasteiger partial charge in [-0.1, -0.05) is 17.7 Å². The molecule has 0 radical (unpaired) electrons.